The molecule has 0 saturated carbocycles. The van der Waals surface area contributed by atoms with E-state index in [4.69, 9.17) is 17.2 Å². The van der Waals surface area contributed by atoms with E-state index >= 15 is 0 Å². The third-order valence-corrected chi connectivity index (χ3v) is 12.5. The average Bonchev–Trinajstić information content (AvgIpc) is 2.92. The first-order chi connectivity index (χ1) is 12.0. The van der Waals surface area contributed by atoms with Crippen LogP contribution in [0.3, 0.4) is 0 Å². The number of benzene rings is 2. The van der Waals surface area contributed by atoms with Gasteiger partial charge in [0.05, 0.1) is 0 Å². The molecule has 1 aliphatic carbocycles. The molecule has 1 atom stereocenters. The average molecular weight is 553 g/mol. The van der Waals surface area contributed by atoms with Gasteiger partial charge in [-0.15, -0.1) is 0 Å². The molecule has 0 spiro atoms. The molecular formula is C23H27Cl2Hf. The first kappa shape index (κ1) is 20.4. The van der Waals surface area contributed by atoms with Crippen molar-refractivity contribution in [2.24, 2.45) is 0 Å². The van der Waals surface area contributed by atoms with Crippen LogP contribution < -0.4 is 0 Å². The van der Waals surface area contributed by atoms with Crippen LogP contribution in [0.15, 0.2) is 42.5 Å². The van der Waals surface area contributed by atoms with Crippen molar-refractivity contribution in [3.05, 3.63) is 70.3 Å². The van der Waals surface area contributed by atoms with Gasteiger partial charge in [-0.2, -0.15) is 0 Å². The van der Waals surface area contributed by atoms with Crippen LogP contribution >= 0.6 is 17.2 Å². The molecule has 2 aromatic rings. The Morgan fingerprint density at radius 3 is 1.85 bits per heavy atom. The van der Waals surface area contributed by atoms with E-state index in [9.17, 15) is 0 Å². The molecule has 0 bridgehead atoms. The Labute approximate surface area is 173 Å². The number of halogens is 2. The second-order valence-electron chi connectivity index (χ2n) is 9.25. The fraction of sp³-hybridized carbons (Fsp3) is 0.391. The number of hydrogen-bond acceptors (Lipinski definition) is 0. The zero-order valence-corrected chi connectivity index (χ0v) is 21.6. The van der Waals surface area contributed by atoms with Crippen LogP contribution in [0.2, 0.25) is 0 Å². The molecule has 137 valence electrons. The van der Waals surface area contributed by atoms with Crippen LogP contribution in [0.4, 0.5) is 0 Å². The normalized spacial score (nSPS) is 17.1. The Hall–Kier alpha value is -0.370. The SMILES string of the molecule is CC(C)(C)c1cc(C2=Cc3ccccc3[CH]2[Hf]([Cl])[Cl])cc(C(C)(C)C)c1. The van der Waals surface area contributed by atoms with Crippen molar-refractivity contribution in [2.45, 2.75) is 56.0 Å². The third-order valence-electron chi connectivity index (χ3n) is 5.15. The van der Waals surface area contributed by atoms with Gasteiger partial charge in [-0.3, -0.25) is 0 Å². The van der Waals surface area contributed by atoms with Crippen molar-refractivity contribution in [1.29, 1.82) is 0 Å². The maximum atomic E-state index is 6.65. The third kappa shape index (κ3) is 4.05. The number of rotatable bonds is 2. The molecule has 3 heteroatoms. The van der Waals surface area contributed by atoms with Gasteiger partial charge in [-0.25, -0.2) is 0 Å². The molecule has 3 rings (SSSR count). The molecule has 0 radical (unpaired) electrons. The van der Waals surface area contributed by atoms with Gasteiger partial charge >= 0.3 is 174 Å². The Bertz CT molecular complexity index is 819. The quantitative estimate of drug-likeness (QED) is 0.334. The summed E-state index contributed by atoms with van der Waals surface area (Å²) in [6.45, 7) is 13.7. The van der Waals surface area contributed by atoms with Gasteiger partial charge in [0.15, 0.2) is 0 Å². The summed E-state index contributed by atoms with van der Waals surface area (Å²) in [5.74, 6) is 0. The van der Waals surface area contributed by atoms with E-state index in [-0.39, 0.29) is 14.5 Å². The molecule has 0 heterocycles. The Morgan fingerprint density at radius 2 is 1.35 bits per heavy atom. The molecular weight excluding hydrogens is 526 g/mol. The Morgan fingerprint density at radius 1 is 0.808 bits per heavy atom. The van der Waals surface area contributed by atoms with Crippen molar-refractivity contribution >= 4 is 28.8 Å². The predicted octanol–water partition coefficient (Wildman–Crippen LogP) is 7.80. The number of fused-ring (bicyclic) bond motifs is 1. The fourth-order valence-corrected chi connectivity index (χ4v) is 10.8. The zero-order chi connectivity index (χ0) is 19.3. The van der Waals surface area contributed by atoms with Crippen LogP contribution in [-0.4, -0.2) is 0 Å². The summed E-state index contributed by atoms with van der Waals surface area (Å²) in [6, 6.07) is 15.6. The van der Waals surface area contributed by atoms with Gasteiger partial charge < -0.3 is 0 Å². The van der Waals surface area contributed by atoms with Gasteiger partial charge in [-0.05, 0) is 0 Å². The van der Waals surface area contributed by atoms with E-state index < -0.39 is 19.1 Å². The monoisotopic (exact) mass is 553 g/mol. The van der Waals surface area contributed by atoms with Crippen molar-refractivity contribution in [1.82, 2.24) is 0 Å². The molecule has 0 amide bonds. The molecule has 0 fully saturated rings. The molecule has 2 aromatic carbocycles. The van der Waals surface area contributed by atoms with E-state index in [0.29, 0.717) is 0 Å². The second-order valence-corrected chi connectivity index (χ2v) is 21.7. The summed E-state index contributed by atoms with van der Waals surface area (Å²) in [4.78, 5) is 0. The fourth-order valence-electron chi connectivity index (χ4n) is 3.47. The summed E-state index contributed by atoms with van der Waals surface area (Å²) < 4.78 is 0.225. The first-order valence-corrected chi connectivity index (χ1v) is 20.1. The van der Waals surface area contributed by atoms with Gasteiger partial charge in [0.1, 0.15) is 0 Å². The predicted molar refractivity (Wildman–Crippen MR) is 113 cm³/mol. The van der Waals surface area contributed by atoms with E-state index in [1.54, 1.807) is 0 Å². The minimum absolute atomic E-state index is 0.0996. The van der Waals surface area contributed by atoms with E-state index in [2.05, 4.69) is 90.1 Å². The van der Waals surface area contributed by atoms with Gasteiger partial charge in [0.2, 0.25) is 0 Å². The minimum atomic E-state index is -2.70. The van der Waals surface area contributed by atoms with Gasteiger partial charge in [-0.1, -0.05) is 0 Å². The van der Waals surface area contributed by atoms with E-state index in [1.165, 1.54) is 33.4 Å². The molecule has 26 heavy (non-hydrogen) atoms. The molecule has 0 saturated heterocycles. The van der Waals surface area contributed by atoms with Crippen LogP contribution in [-0.2, 0) is 29.9 Å². The van der Waals surface area contributed by atoms with Crippen molar-refractivity contribution < 1.29 is 19.1 Å². The summed E-state index contributed by atoms with van der Waals surface area (Å²) in [5, 5.41) is 0. The van der Waals surface area contributed by atoms with Crippen LogP contribution in [0.5, 0.6) is 0 Å². The number of allylic oxidation sites excluding steroid dienone is 1. The van der Waals surface area contributed by atoms with Crippen molar-refractivity contribution in [2.75, 3.05) is 0 Å². The summed E-state index contributed by atoms with van der Waals surface area (Å²) >= 11 is -2.70. The first-order valence-electron chi connectivity index (χ1n) is 9.13. The topological polar surface area (TPSA) is 0 Å². The van der Waals surface area contributed by atoms with Gasteiger partial charge in [0, 0.05) is 0 Å². The van der Waals surface area contributed by atoms with Gasteiger partial charge in [0.25, 0.3) is 0 Å². The number of hydrogen-bond donors (Lipinski definition) is 0. The van der Waals surface area contributed by atoms with Crippen LogP contribution in [0.25, 0.3) is 11.6 Å². The molecule has 0 aromatic heterocycles. The molecule has 0 aliphatic heterocycles. The van der Waals surface area contributed by atoms with E-state index in [1.807, 2.05) is 0 Å². The van der Waals surface area contributed by atoms with Crippen molar-refractivity contribution in [3.8, 4) is 0 Å². The summed E-state index contributed by atoms with van der Waals surface area (Å²) in [6.07, 6.45) is 2.31. The maximum absolute atomic E-state index is 6.65. The summed E-state index contributed by atoms with van der Waals surface area (Å²) in [5.41, 5.74) is 8.12. The zero-order valence-electron chi connectivity index (χ0n) is 16.5. The molecule has 0 nitrogen and oxygen atoms in total. The molecule has 0 N–H and O–H groups in total. The second kappa shape index (κ2) is 7.22. The van der Waals surface area contributed by atoms with Crippen LogP contribution in [0.1, 0.15) is 73.0 Å². The van der Waals surface area contributed by atoms with Crippen molar-refractivity contribution in [3.63, 3.8) is 0 Å². The summed E-state index contributed by atoms with van der Waals surface area (Å²) in [7, 11) is 13.3. The Balaban J connectivity index is 2.20. The molecule has 1 unspecified atom stereocenters. The van der Waals surface area contributed by atoms with E-state index in [0.717, 1.165) is 0 Å². The standard InChI is InChI=1S/C23H27.2ClH.Hf/c1-22(2,3)20-13-19(14-21(15-20)23(4,5)6)18-11-16-9-7-8-10-17(16)12-18;;;/h7-15H,1-6H3;2*1H;/q;;;+2/p-2. The van der Waals surface area contributed by atoms with Crippen LogP contribution in [0, 0.1) is 0 Å². The molecule has 1 aliphatic rings. The Kier molecular flexibility index (Phi) is 5.66.